The van der Waals surface area contributed by atoms with Crippen molar-refractivity contribution in [1.82, 2.24) is 9.55 Å². The molecule has 1 aliphatic carbocycles. The summed E-state index contributed by atoms with van der Waals surface area (Å²) < 4.78 is 16.6. The number of benzene rings is 1. The van der Waals surface area contributed by atoms with Crippen molar-refractivity contribution in [1.29, 1.82) is 0 Å². The lowest BCUT2D eigenvalue weighted by molar-refractivity contribution is 0.569. The molecule has 5 heteroatoms. The van der Waals surface area contributed by atoms with Gasteiger partial charge in [0.15, 0.2) is 0 Å². The highest BCUT2D eigenvalue weighted by Crippen LogP contribution is 2.34. The first-order valence-electron chi connectivity index (χ1n) is 7.09. The van der Waals surface area contributed by atoms with Crippen LogP contribution >= 0.6 is 34.2 Å². The Labute approximate surface area is 136 Å². The molecule has 0 spiro atoms. The van der Waals surface area contributed by atoms with Gasteiger partial charge in [0.25, 0.3) is 0 Å². The average molecular weight is 407 g/mol. The highest BCUT2D eigenvalue weighted by Gasteiger charge is 2.21. The lowest BCUT2D eigenvalue weighted by atomic mass is 10.2. The molecule has 0 bridgehead atoms. The number of hydrogen-bond acceptors (Lipinski definition) is 1. The highest BCUT2D eigenvalue weighted by molar-refractivity contribution is 14.1. The number of hydrogen-bond donors (Lipinski definition) is 0. The third-order valence-corrected chi connectivity index (χ3v) is 4.89. The van der Waals surface area contributed by atoms with Crippen LogP contribution in [0.5, 0.6) is 0 Å². The van der Waals surface area contributed by atoms with E-state index < -0.39 is 0 Å². The van der Waals surface area contributed by atoms with Crippen LogP contribution in [-0.4, -0.2) is 15.4 Å². The van der Waals surface area contributed by atoms with Crippen molar-refractivity contribution in [2.45, 2.75) is 38.6 Å². The van der Waals surface area contributed by atoms with Crippen LogP contribution in [0.1, 0.15) is 31.5 Å². The molecule has 0 saturated heterocycles. The minimum atomic E-state index is -0.168. The first-order chi connectivity index (χ1) is 9.69. The first kappa shape index (κ1) is 14.6. The van der Waals surface area contributed by atoms with Gasteiger partial charge in [-0.1, -0.05) is 12.8 Å². The van der Waals surface area contributed by atoms with Gasteiger partial charge in [-0.05, 0) is 47.4 Å². The van der Waals surface area contributed by atoms with Crippen LogP contribution in [0.15, 0.2) is 12.1 Å². The topological polar surface area (TPSA) is 17.8 Å². The van der Waals surface area contributed by atoms with Gasteiger partial charge >= 0.3 is 0 Å². The summed E-state index contributed by atoms with van der Waals surface area (Å²) in [4.78, 5) is 4.62. The summed E-state index contributed by atoms with van der Waals surface area (Å²) >= 11 is 7.87. The summed E-state index contributed by atoms with van der Waals surface area (Å²) in [5, 5.41) is 0. The smallest absolute Gasteiger partial charge is 0.138 e. The zero-order chi connectivity index (χ0) is 14.1. The Morgan fingerprint density at radius 1 is 1.40 bits per heavy atom. The van der Waals surface area contributed by atoms with E-state index in [2.05, 4.69) is 9.55 Å². The molecule has 2 aromatic rings. The van der Waals surface area contributed by atoms with Gasteiger partial charge in [0.05, 0.1) is 14.6 Å². The number of imidazole rings is 1. The third-order valence-electron chi connectivity index (χ3n) is 3.88. The van der Waals surface area contributed by atoms with Crippen LogP contribution in [0.2, 0.25) is 0 Å². The zero-order valence-electron chi connectivity index (χ0n) is 11.2. The lowest BCUT2D eigenvalue weighted by Crippen LogP contribution is -2.05. The van der Waals surface area contributed by atoms with E-state index in [9.17, 15) is 4.39 Å². The van der Waals surface area contributed by atoms with Crippen LogP contribution in [0, 0.1) is 15.3 Å². The summed E-state index contributed by atoms with van der Waals surface area (Å²) in [5.41, 5.74) is 1.78. The number of aryl methyl sites for hydroxylation is 2. The van der Waals surface area contributed by atoms with E-state index in [1.165, 1.54) is 19.3 Å². The minimum Gasteiger partial charge on any atom is -0.328 e. The zero-order valence-corrected chi connectivity index (χ0v) is 14.1. The fourth-order valence-electron chi connectivity index (χ4n) is 2.64. The predicted octanol–water partition coefficient (Wildman–Crippen LogP) is 4.75. The van der Waals surface area contributed by atoms with Crippen molar-refractivity contribution in [3.63, 3.8) is 0 Å². The van der Waals surface area contributed by atoms with Crippen LogP contribution in [0.25, 0.3) is 11.0 Å². The third kappa shape index (κ3) is 3.11. The van der Waals surface area contributed by atoms with E-state index >= 15 is 0 Å². The van der Waals surface area contributed by atoms with Gasteiger partial charge in [-0.25, -0.2) is 9.37 Å². The molecule has 1 aromatic heterocycles. The van der Waals surface area contributed by atoms with Crippen molar-refractivity contribution in [3.8, 4) is 0 Å². The molecule has 3 rings (SSSR count). The molecule has 0 amide bonds. The van der Waals surface area contributed by atoms with Crippen molar-refractivity contribution in [2.75, 3.05) is 5.88 Å². The Morgan fingerprint density at radius 3 is 2.90 bits per heavy atom. The molecule has 1 saturated carbocycles. The molecule has 1 aromatic carbocycles. The first-order valence-corrected chi connectivity index (χ1v) is 8.70. The second-order valence-electron chi connectivity index (χ2n) is 5.46. The van der Waals surface area contributed by atoms with Crippen LogP contribution in [0.3, 0.4) is 0 Å². The molecular formula is C15H17ClFIN2. The largest absolute Gasteiger partial charge is 0.328 e. The van der Waals surface area contributed by atoms with Gasteiger partial charge in [0.1, 0.15) is 11.6 Å². The Morgan fingerprint density at radius 2 is 2.20 bits per heavy atom. The van der Waals surface area contributed by atoms with E-state index in [4.69, 9.17) is 11.6 Å². The molecule has 1 heterocycles. The molecule has 20 heavy (non-hydrogen) atoms. The number of alkyl halides is 1. The molecule has 1 aliphatic rings. The van der Waals surface area contributed by atoms with Gasteiger partial charge in [0, 0.05) is 24.9 Å². The molecule has 108 valence electrons. The van der Waals surface area contributed by atoms with Crippen LogP contribution < -0.4 is 0 Å². The Bertz CT molecular complexity index is 622. The number of nitrogens with zero attached hydrogens (tertiary/aromatic N) is 2. The van der Waals surface area contributed by atoms with Gasteiger partial charge in [0.2, 0.25) is 0 Å². The number of rotatable bonds is 6. The minimum absolute atomic E-state index is 0.168. The molecule has 1 fully saturated rings. The standard InChI is InChI=1S/C15H17ClFIN2/c16-6-5-15-19-13-9-12(18)11(17)8-14(13)20(15)7-1-2-10-3-4-10/h8-10H,1-7H2. The van der Waals surface area contributed by atoms with Gasteiger partial charge in [-0.3, -0.25) is 0 Å². The summed E-state index contributed by atoms with van der Waals surface area (Å²) in [7, 11) is 0. The number of fused-ring (bicyclic) bond motifs is 1. The van der Waals surface area contributed by atoms with E-state index in [0.717, 1.165) is 42.2 Å². The summed E-state index contributed by atoms with van der Waals surface area (Å²) in [6, 6.07) is 3.43. The van der Waals surface area contributed by atoms with Crippen molar-refractivity contribution < 1.29 is 4.39 Å². The van der Waals surface area contributed by atoms with Crippen molar-refractivity contribution in [3.05, 3.63) is 27.3 Å². The maximum Gasteiger partial charge on any atom is 0.138 e. The second-order valence-corrected chi connectivity index (χ2v) is 7.00. The molecule has 0 atom stereocenters. The van der Waals surface area contributed by atoms with E-state index in [0.29, 0.717) is 9.45 Å². The maximum absolute atomic E-state index is 13.8. The number of halogens is 3. The summed E-state index contributed by atoms with van der Waals surface area (Å²) in [6.45, 7) is 0.916. The van der Waals surface area contributed by atoms with Gasteiger partial charge < -0.3 is 4.57 Å². The number of aromatic nitrogens is 2. The quantitative estimate of drug-likeness (QED) is 0.500. The van der Waals surface area contributed by atoms with E-state index in [1.54, 1.807) is 6.07 Å². The van der Waals surface area contributed by atoms with E-state index in [1.807, 2.05) is 28.7 Å². The Hall–Kier alpha value is -0.360. The maximum atomic E-state index is 13.8. The Balaban J connectivity index is 1.91. The molecule has 0 aliphatic heterocycles. The van der Waals surface area contributed by atoms with E-state index in [-0.39, 0.29) is 5.82 Å². The molecule has 2 nitrogen and oxygen atoms in total. The normalized spacial score (nSPS) is 15.2. The SMILES string of the molecule is Fc1cc2c(cc1I)nc(CCCl)n2CCCC1CC1. The van der Waals surface area contributed by atoms with Gasteiger partial charge in [-0.2, -0.15) is 0 Å². The molecule has 0 radical (unpaired) electrons. The van der Waals surface area contributed by atoms with Crippen LogP contribution in [-0.2, 0) is 13.0 Å². The van der Waals surface area contributed by atoms with Crippen molar-refractivity contribution in [2.24, 2.45) is 5.92 Å². The summed E-state index contributed by atoms with van der Waals surface area (Å²) in [6.07, 6.45) is 5.90. The molecule has 0 unspecified atom stereocenters. The van der Waals surface area contributed by atoms with Crippen molar-refractivity contribution >= 4 is 45.2 Å². The molecular weight excluding hydrogens is 390 g/mol. The van der Waals surface area contributed by atoms with Crippen LogP contribution in [0.4, 0.5) is 4.39 Å². The van der Waals surface area contributed by atoms with Gasteiger partial charge in [-0.15, -0.1) is 11.6 Å². The fraction of sp³-hybridized carbons (Fsp3) is 0.533. The summed E-state index contributed by atoms with van der Waals surface area (Å²) in [5.74, 6) is 2.29. The monoisotopic (exact) mass is 406 g/mol. The lowest BCUT2D eigenvalue weighted by Gasteiger charge is -2.08. The fourth-order valence-corrected chi connectivity index (χ4v) is 3.26. The predicted molar refractivity (Wildman–Crippen MR) is 88.8 cm³/mol. The Kier molecular flexibility index (Phi) is 4.50. The molecule has 0 N–H and O–H groups in total. The average Bonchev–Trinajstić information content (AvgIpc) is 3.18. The highest BCUT2D eigenvalue weighted by atomic mass is 127. The second kappa shape index (κ2) is 6.18.